The topological polar surface area (TPSA) is 74.7 Å². The zero-order chi connectivity index (χ0) is 15.8. The van der Waals surface area contributed by atoms with Gasteiger partial charge in [-0.25, -0.2) is 0 Å². The van der Waals surface area contributed by atoms with Crippen molar-refractivity contribution in [2.75, 3.05) is 0 Å². The molecule has 0 aliphatic heterocycles. The second-order valence-corrected chi connectivity index (χ2v) is 5.31. The number of hydrogen-bond donors (Lipinski definition) is 2. The number of aromatic amines is 2. The smallest absolute Gasteiger partial charge is 0.235 e. The number of para-hydroxylation sites is 2. The molecule has 0 amide bonds. The molecule has 0 bridgehead atoms. The molecular formula is C18H13N3O2. The molecule has 0 saturated heterocycles. The van der Waals surface area contributed by atoms with Crippen LogP contribution in [0.4, 0.5) is 0 Å². The van der Waals surface area contributed by atoms with Crippen LogP contribution in [0.2, 0.25) is 0 Å². The highest BCUT2D eigenvalue weighted by atomic mass is 16.6. The average molecular weight is 303 g/mol. The summed E-state index contributed by atoms with van der Waals surface area (Å²) in [5.74, 6) is 0. The molecule has 0 saturated carbocycles. The highest BCUT2D eigenvalue weighted by Gasteiger charge is 2.14. The SMILES string of the molecule is O=[N+]([O-])/C=C/c1c(-c2c[nH]c3ccccc23)[nH]c2ccccc12. The summed E-state index contributed by atoms with van der Waals surface area (Å²) in [5, 5.41) is 12.8. The molecule has 0 spiro atoms. The van der Waals surface area contributed by atoms with Gasteiger partial charge >= 0.3 is 0 Å². The number of aromatic nitrogens is 2. The largest absolute Gasteiger partial charge is 0.360 e. The van der Waals surface area contributed by atoms with Gasteiger partial charge in [0, 0.05) is 45.2 Å². The van der Waals surface area contributed by atoms with E-state index in [0.717, 1.165) is 44.8 Å². The summed E-state index contributed by atoms with van der Waals surface area (Å²) in [7, 11) is 0. The maximum Gasteiger partial charge on any atom is 0.235 e. The number of hydrogen-bond acceptors (Lipinski definition) is 2. The summed E-state index contributed by atoms with van der Waals surface area (Å²) in [6, 6.07) is 15.8. The molecule has 0 aliphatic rings. The van der Waals surface area contributed by atoms with Crippen molar-refractivity contribution in [1.29, 1.82) is 0 Å². The first-order chi connectivity index (χ1) is 11.2. The number of H-pyrrole nitrogens is 2. The van der Waals surface area contributed by atoms with Crippen LogP contribution in [0, 0.1) is 10.1 Å². The molecule has 4 rings (SSSR count). The molecule has 23 heavy (non-hydrogen) atoms. The lowest BCUT2D eigenvalue weighted by Crippen LogP contribution is -1.84. The molecule has 0 radical (unpaired) electrons. The van der Waals surface area contributed by atoms with Crippen molar-refractivity contribution >= 4 is 27.9 Å². The number of benzene rings is 2. The van der Waals surface area contributed by atoms with Crippen molar-refractivity contribution in [2.45, 2.75) is 0 Å². The predicted molar refractivity (Wildman–Crippen MR) is 91.6 cm³/mol. The minimum atomic E-state index is -0.444. The predicted octanol–water partition coefficient (Wildman–Crippen LogP) is 4.56. The molecule has 0 unspecified atom stereocenters. The molecule has 0 aliphatic carbocycles. The third-order valence-corrected chi connectivity index (χ3v) is 3.97. The van der Waals surface area contributed by atoms with Crippen LogP contribution in [0.1, 0.15) is 5.56 Å². The van der Waals surface area contributed by atoms with E-state index >= 15 is 0 Å². The van der Waals surface area contributed by atoms with E-state index in [-0.39, 0.29) is 0 Å². The van der Waals surface area contributed by atoms with Gasteiger partial charge in [0.2, 0.25) is 6.20 Å². The number of nitro groups is 1. The minimum absolute atomic E-state index is 0.444. The van der Waals surface area contributed by atoms with E-state index in [1.165, 1.54) is 0 Å². The molecule has 2 aromatic carbocycles. The van der Waals surface area contributed by atoms with E-state index in [1.807, 2.05) is 54.7 Å². The van der Waals surface area contributed by atoms with Gasteiger partial charge in [-0.3, -0.25) is 10.1 Å². The Hall–Kier alpha value is -3.34. The highest BCUT2D eigenvalue weighted by Crippen LogP contribution is 2.35. The average Bonchev–Trinajstić information content (AvgIpc) is 3.14. The summed E-state index contributed by atoms with van der Waals surface area (Å²) in [6.07, 6.45) is 4.46. The highest BCUT2D eigenvalue weighted by molar-refractivity contribution is 6.03. The molecule has 2 aromatic heterocycles. The summed E-state index contributed by atoms with van der Waals surface area (Å²) in [5.41, 5.74) is 4.68. The fraction of sp³-hybridized carbons (Fsp3) is 0. The van der Waals surface area contributed by atoms with Crippen molar-refractivity contribution in [3.05, 3.63) is 76.6 Å². The van der Waals surface area contributed by atoms with Crippen LogP contribution in [-0.4, -0.2) is 14.9 Å². The fourth-order valence-electron chi connectivity index (χ4n) is 2.96. The van der Waals surface area contributed by atoms with Gasteiger partial charge in [0.1, 0.15) is 0 Å². The molecule has 0 fully saturated rings. The van der Waals surface area contributed by atoms with E-state index in [0.29, 0.717) is 0 Å². The van der Waals surface area contributed by atoms with Gasteiger partial charge in [-0.15, -0.1) is 0 Å². The van der Waals surface area contributed by atoms with Crippen LogP contribution in [0.5, 0.6) is 0 Å². The lowest BCUT2D eigenvalue weighted by molar-refractivity contribution is -0.400. The first-order valence-corrected chi connectivity index (χ1v) is 7.23. The maximum atomic E-state index is 10.7. The Balaban J connectivity index is 2.02. The lowest BCUT2D eigenvalue weighted by atomic mass is 10.0. The molecule has 112 valence electrons. The second-order valence-electron chi connectivity index (χ2n) is 5.31. The second kappa shape index (κ2) is 5.14. The number of fused-ring (bicyclic) bond motifs is 2. The molecular weight excluding hydrogens is 290 g/mol. The standard InChI is InChI=1S/C18H13N3O2/c22-21(23)10-9-14-12-5-2-4-8-17(12)20-18(14)15-11-19-16-7-3-1-6-13(15)16/h1-11,19-20H/b10-9+. The third kappa shape index (κ3) is 2.19. The molecule has 4 aromatic rings. The third-order valence-electron chi connectivity index (χ3n) is 3.97. The van der Waals surface area contributed by atoms with Crippen LogP contribution >= 0.6 is 0 Å². The number of nitrogens with one attached hydrogen (secondary N) is 2. The number of nitrogens with zero attached hydrogens (tertiary/aromatic N) is 1. The Kier molecular flexibility index (Phi) is 2.98. The molecule has 2 heterocycles. The van der Waals surface area contributed by atoms with Crippen molar-refractivity contribution < 1.29 is 4.92 Å². The van der Waals surface area contributed by atoms with Crippen LogP contribution in [-0.2, 0) is 0 Å². The molecule has 0 atom stereocenters. The molecule has 5 heteroatoms. The Morgan fingerprint density at radius 2 is 1.65 bits per heavy atom. The van der Waals surface area contributed by atoms with E-state index in [9.17, 15) is 10.1 Å². The minimum Gasteiger partial charge on any atom is -0.360 e. The van der Waals surface area contributed by atoms with Crippen LogP contribution in [0.25, 0.3) is 39.1 Å². The maximum absolute atomic E-state index is 10.7. The van der Waals surface area contributed by atoms with E-state index < -0.39 is 4.92 Å². The van der Waals surface area contributed by atoms with Gasteiger partial charge in [0.15, 0.2) is 0 Å². The Bertz CT molecular complexity index is 1060. The van der Waals surface area contributed by atoms with Crippen molar-refractivity contribution in [3.63, 3.8) is 0 Å². The van der Waals surface area contributed by atoms with Crippen molar-refractivity contribution in [3.8, 4) is 11.3 Å². The zero-order valence-corrected chi connectivity index (χ0v) is 12.1. The Morgan fingerprint density at radius 1 is 0.957 bits per heavy atom. The van der Waals surface area contributed by atoms with E-state index in [2.05, 4.69) is 9.97 Å². The first-order valence-electron chi connectivity index (χ1n) is 7.23. The lowest BCUT2D eigenvalue weighted by Gasteiger charge is -1.99. The van der Waals surface area contributed by atoms with Gasteiger partial charge in [0.25, 0.3) is 0 Å². The van der Waals surface area contributed by atoms with Crippen LogP contribution < -0.4 is 0 Å². The normalized spacial score (nSPS) is 11.7. The number of rotatable bonds is 3. The quantitative estimate of drug-likeness (QED) is 0.430. The summed E-state index contributed by atoms with van der Waals surface area (Å²) < 4.78 is 0. The van der Waals surface area contributed by atoms with Gasteiger partial charge in [-0.2, -0.15) is 0 Å². The fourth-order valence-corrected chi connectivity index (χ4v) is 2.96. The summed E-state index contributed by atoms with van der Waals surface area (Å²) >= 11 is 0. The van der Waals surface area contributed by atoms with E-state index in [4.69, 9.17) is 0 Å². The summed E-state index contributed by atoms with van der Waals surface area (Å²) in [4.78, 5) is 16.9. The monoisotopic (exact) mass is 303 g/mol. The summed E-state index contributed by atoms with van der Waals surface area (Å²) in [6.45, 7) is 0. The van der Waals surface area contributed by atoms with Gasteiger partial charge in [-0.1, -0.05) is 36.4 Å². The van der Waals surface area contributed by atoms with Crippen LogP contribution in [0.3, 0.4) is 0 Å². The Morgan fingerprint density at radius 3 is 2.43 bits per heavy atom. The van der Waals surface area contributed by atoms with Gasteiger partial charge in [-0.05, 0) is 12.1 Å². The van der Waals surface area contributed by atoms with Crippen LogP contribution in [0.15, 0.2) is 60.9 Å². The molecule has 2 N–H and O–H groups in total. The first kappa shape index (κ1) is 13.3. The van der Waals surface area contributed by atoms with Crippen molar-refractivity contribution in [2.24, 2.45) is 0 Å². The Labute approximate surface area is 131 Å². The van der Waals surface area contributed by atoms with Gasteiger partial charge < -0.3 is 9.97 Å². The molecule has 5 nitrogen and oxygen atoms in total. The van der Waals surface area contributed by atoms with Crippen molar-refractivity contribution in [1.82, 2.24) is 9.97 Å². The van der Waals surface area contributed by atoms with E-state index in [1.54, 1.807) is 6.08 Å². The zero-order valence-electron chi connectivity index (χ0n) is 12.1. The van der Waals surface area contributed by atoms with Gasteiger partial charge in [0.05, 0.1) is 10.6 Å².